The second-order valence-corrected chi connectivity index (χ2v) is 5.57. The third-order valence-corrected chi connectivity index (χ3v) is 3.83. The van der Waals surface area contributed by atoms with Crippen molar-refractivity contribution in [1.29, 1.82) is 0 Å². The van der Waals surface area contributed by atoms with Crippen molar-refractivity contribution in [1.82, 2.24) is 9.55 Å². The quantitative estimate of drug-likeness (QED) is 0.805. The molecule has 1 amide bonds. The molecule has 0 atom stereocenters. The van der Waals surface area contributed by atoms with Gasteiger partial charge in [0.2, 0.25) is 5.91 Å². The van der Waals surface area contributed by atoms with Crippen LogP contribution in [0.1, 0.15) is 11.4 Å². The number of amides is 1. The molecule has 0 saturated carbocycles. The molecule has 1 aromatic heterocycles. The van der Waals surface area contributed by atoms with Crippen LogP contribution in [0.25, 0.3) is 10.9 Å². The average molecular weight is 325 g/mol. The van der Waals surface area contributed by atoms with Gasteiger partial charge in [-0.2, -0.15) is 0 Å². The summed E-state index contributed by atoms with van der Waals surface area (Å²) in [6, 6.07) is 11.1. The molecule has 0 unspecified atom stereocenters. The van der Waals surface area contributed by atoms with Crippen molar-refractivity contribution in [2.45, 2.75) is 20.4 Å². The van der Waals surface area contributed by atoms with Crippen molar-refractivity contribution in [2.24, 2.45) is 0 Å². The Morgan fingerprint density at radius 1 is 1.21 bits per heavy atom. The molecule has 0 aliphatic heterocycles. The number of para-hydroxylation sites is 1. The van der Waals surface area contributed by atoms with Crippen molar-refractivity contribution in [3.63, 3.8) is 0 Å². The summed E-state index contributed by atoms with van der Waals surface area (Å²) in [7, 11) is 0. The van der Waals surface area contributed by atoms with Crippen LogP contribution in [0.3, 0.4) is 0 Å². The van der Waals surface area contributed by atoms with Gasteiger partial charge in [0.1, 0.15) is 18.2 Å². The normalized spacial score (nSPS) is 10.8. The van der Waals surface area contributed by atoms with Crippen molar-refractivity contribution in [2.75, 3.05) is 5.32 Å². The zero-order valence-corrected chi connectivity index (χ0v) is 13.3. The molecule has 1 N–H and O–H groups in total. The zero-order chi connectivity index (χ0) is 17.3. The molecule has 0 spiro atoms. The number of carbonyl (C=O) groups is 1. The van der Waals surface area contributed by atoms with E-state index in [0.29, 0.717) is 22.4 Å². The first kappa shape index (κ1) is 15.9. The van der Waals surface area contributed by atoms with Crippen LogP contribution < -0.4 is 10.9 Å². The molecule has 0 bridgehead atoms. The summed E-state index contributed by atoms with van der Waals surface area (Å²) >= 11 is 0. The van der Waals surface area contributed by atoms with Crippen molar-refractivity contribution in [3.05, 3.63) is 70.0 Å². The number of benzene rings is 2. The first-order valence-corrected chi connectivity index (χ1v) is 7.48. The molecule has 3 rings (SSSR count). The number of aromatic nitrogens is 2. The standard InChI is InChI=1S/C18H16FN3O2/c1-11-7-8-13(19)9-16(11)21-17(23)10-22-12(2)20-15-6-4-3-5-14(15)18(22)24/h3-9H,10H2,1-2H3,(H,21,23). The van der Waals surface area contributed by atoms with E-state index in [9.17, 15) is 14.0 Å². The molecule has 1 heterocycles. The summed E-state index contributed by atoms with van der Waals surface area (Å²) < 4.78 is 14.6. The van der Waals surface area contributed by atoms with Gasteiger partial charge in [0.25, 0.3) is 5.56 Å². The van der Waals surface area contributed by atoms with E-state index in [0.717, 1.165) is 5.56 Å². The molecule has 0 aliphatic rings. The SMILES string of the molecule is Cc1ccc(F)cc1NC(=O)Cn1c(C)nc2ccccc2c1=O. The predicted octanol–water partition coefficient (Wildman–Crippen LogP) is 2.79. The van der Waals surface area contributed by atoms with Gasteiger partial charge in [-0.15, -0.1) is 0 Å². The van der Waals surface area contributed by atoms with Crippen LogP contribution in [0.2, 0.25) is 0 Å². The lowest BCUT2D eigenvalue weighted by Crippen LogP contribution is -2.30. The molecule has 122 valence electrons. The predicted molar refractivity (Wildman–Crippen MR) is 90.5 cm³/mol. The van der Waals surface area contributed by atoms with Gasteiger partial charge < -0.3 is 5.32 Å². The van der Waals surface area contributed by atoms with Gasteiger partial charge in [-0.3, -0.25) is 14.2 Å². The van der Waals surface area contributed by atoms with Gasteiger partial charge in [-0.25, -0.2) is 9.37 Å². The molecule has 6 heteroatoms. The fourth-order valence-electron chi connectivity index (χ4n) is 2.53. The summed E-state index contributed by atoms with van der Waals surface area (Å²) in [5.41, 5.74) is 1.45. The monoisotopic (exact) mass is 325 g/mol. The van der Waals surface area contributed by atoms with Gasteiger partial charge in [-0.1, -0.05) is 18.2 Å². The van der Waals surface area contributed by atoms with E-state index in [1.165, 1.54) is 16.7 Å². The minimum atomic E-state index is -0.434. The van der Waals surface area contributed by atoms with Crippen LogP contribution in [0.15, 0.2) is 47.3 Å². The molecule has 5 nitrogen and oxygen atoms in total. The number of halogens is 1. The van der Waals surface area contributed by atoms with Gasteiger partial charge in [0.05, 0.1) is 10.9 Å². The number of carbonyl (C=O) groups excluding carboxylic acids is 1. The Bertz CT molecular complexity index is 995. The number of nitrogens with one attached hydrogen (secondary N) is 1. The lowest BCUT2D eigenvalue weighted by molar-refractivity contribution is -0.116. The molecule has 0 radical (unpaired) electrons. The van der Waals surface area contributed by atoms with Crippen molar-refractivity contribution < 1.29 is 9.18 Å². The fraction of sp³-hybridized carbons (Fsp3) is 0.167. The van der Waals surface area contributed by atoms with E-state index in [2.05, 4.69) is 10.3 Å². The van der Waals surface area contributed by atoms with Gasteiger partial charge in [-0.05, 0) is 43.7 Å². The van der Waals surface area contributed by atoms with Gasteiger partial charge in [0, 0.05) is 5.69 Å². The van der Waals surface area contributed by atoms with E-state index >= 15 is 0 Å². The maximum absolute atomic E-state index is 13.3. The summed E-state index contributed by atoms with van der Waals surface area (Å²) in [5.74, 6) is -0.396. The Morgan fingerprint density at radius 2 is 1.96 bits per heavy atom. The Labute approximate surface area is 137 Å². The Hall–Kier alpha value is -3.02. The number of aryl methyl sites for hydroxylation is 2. The van der Waals surface area contributed by atoms with Crippen LogP contribution in [0, 0.1) is 19.7 Å². The molecule has 24 heavy (non-hydrogen) atoms. The molecule has 0 saturated heterocycles. The first-order valence-electron chi connectivity index (χ1n) is 7.48. The van der Waals surface area contributed by atoms with Crippen LogP contribution in [-0.4, -0.2) is 15.5 Å². The average Bonchev–Trinajstić information content (AvgIpc) is 2.55. The topological polar surface area (TPSA) is 64.0 Å². The fourth-order valence-corrected chi connectivity index (χ4v) is 2.53. The third-order valence-electron chi connectivity index (χ3n) is 3.83. The number of nitrogens with zero attached hydrogens (tertiary/aromatic N) is 2. The molecular weight excluding hydrogens is 309 g/mol. The second-order valence-electron chi connectivity index (χ2n) is 5.57. The van der Waals surface area contributed by atoms with Crippen LogP contribution in [-0.2, 0) is 11.3 Å². The summed E-state index contributed by atoms with van der Waals surface area (Å²) in [5, 5.41) is 3.09. The lowest BCUT2D eigenvalue weighted by atomic mass is 10.2. The van der Waals surface area contributed by atoms with Crippen molar-refractivity contribution >= 4 is 22.5 Å². The van der Waals surface area contributed by atoms with Crippen LogP contribution in [0.4, 0.5) is 10.1 Å². The zero-order valence-electron chi connectivity index (χ0n) is 13.3. The minimum Gasteiger partial charge on any atom is -0.324 e. The molecule has 0 fully saturated rings. The molecule has 3 aromatic rings. The lowest BCUT2D eigenvalue weighted by Gasteiger charge is -2.12. The highest BCUT2D eigenvalue weighted by molar-refractivity contribution is 5.91. The van der Waals surface area contributed by atoms with E-state index in [4.69, 9.17) is 0 Å². The highest BCUT2D eigenvalue weighted by Gasteiger charge is 2.12. The number of anilines is 1. The molecule has 2 aromatic carbocycles. The summed E-state index contributed by atoms with van der Waals surface area (Å²) in [6.07, 6.45) is 0. The highest BCUT2D eigenvalue weighted by Crippen LogP contribution is 2.16. The highest BCUT2D eigenvalue weighted by atomic mass is 19.1. The largest absolute Gasteiger partial charge is 0.324 e. The van der Waals surface area contributed by atoms with Crippen LogP contribution in [0.5, 0.6) is 0 Å². The van der Waals surface area contributed by atoms with Gasteiger partial charge in [0.15, 0.2) is 0 Å². The Morgan fingerprint density at radius 3 is 2.75 bits per heavy atom. The van der Waals surface area contributed by atoms with E-state index < -0.39 is 11.7 Å². The van der Waals surface area contributed by atoms with E-state index in [1.54, 1.807) is 44.2 Å². The Kier molecular flexibility index (Phi) is 4.12. The number of hydrogen-bond acceptors (Lipinski definition) is 3. The number of fused-ring (bicyclic) bond motifs is 1. The van der Waals surface area contributed by atoms with Crippen LogP contribution >= 0.6 is 0 Å². The summed E-state index contributed by atoms with van der Waals surface area (Å²) in [4.78, 5) is 29.2. The number of hydrogen-bond donors (Lipinski definition) is 1. The van der Waals surface area contributed by atoms with E-state index in [1.807, 2.05) is 0 Å². The van der Waals surface area contributed by atoms with E-state index in [-0.39, 0.29) is 12.1 Å². The first-order chi connectivity index (χ1) is 11.5. The maximum Gasteiger partial charge on any atom is 0.261 e. The molecule has 0 aliphatic carbocycles. The van der Waals surface area contributed by atoms with Gasteiger partial charge >= 0.3 is 0 Å². The smallest absolute Gasteiger partial charge is 0.261 e. The molecular formula is C18H16FN3O2. The third kappa shape index (κ3) is 3.03. The summed E-state index contributed by atoms with van der Waals surface area (Å²) in [6.45, 7) is 3.26. The van der Waals surface area contributed by atoms with Crippen molar-refractivity contribution in [3.8, 4) is 0 Å². The maximum atomic E-state index is 13.3. The Balaban J connectivity index is 1.91. The minimum absolute atomic E-state index is 0.182. The number of rotatable bonds is 3. The second kappa shape index (κ2) is 6.23.